The van der Waals surface area contributed by atoms with Gasteiger partial charge in [-0.3, -0.25) is 4.79 Å². The Morgan fingerprint density at radius 1 is 1.39 bits per heavy atom. The van der Waals surface area contributed by atoms with Crippen LogP contribution in [-0.2, 0) is 11.2 Å². The number of halogens is 1. The van der Waals surface area contributed by atoms with Gasteiger partial charge >= 0.3 is 0 Å². The monoisotopic (exact) mass is 264 g/mol. The third-order valence-electron chi connectivity index (χ3n) is 2.81. The average molecular weight is 265 g/mol. The molecular weight excluding hydrogens is 248 g/mol. The minimum Gasteiger partial charge on any atom is -0.344 e. The van der Waals surface area contributed by atoms with Gasteiger partial charge in [-0.1, -0.05) is 23.7 Å². The summed E-state index contributed by atoms with van der Waals surface area (Å²) in [6, 6.07) is 9.56. The first kappa shape index (κ1) is 14.5. The molecule has 0 heterocycles. The highest BCUT2D eigenvalue weighted by molar-refractivity contribution is 6.30. The number of nitrogens with zero attached hydrogens (tertiary/aromatic N) is 2. The molecule has 1 amide bonds. The van der Waals surface area contributed by atoms with Gasteiger partial charge in [0.25, 0.3) is 0 Å². The van der Waals surface area contributed by atoms with Gasteiger partial charge in [-0.2, -0.15) is 5.26 Å². The van der Waals surface area contributed by atoms with Crippen LogP contribution >= 0.6 is 11.6 Å². The predicted octanol–water partition coefficient (Wildman–Crippen LogP) is 2.89. The third-order valence-corrected chi connectivity index (χ3v) is 3.06. The summed E-state index contributed by atoms with van der Waals surface area (Å²) in [5.41, 5.74) is 0.156. The quantitative estimate of drug-likeness (QED) is 0.839. The van der Waals surface area contributed by atoms with E-state index in [2.05, 4.69) is 0 Å². The second-order valence-electron chi connectivity index (χ2n) is 4.84. The molecular formula is C14H17ClN2O. The molecule has 0 radical (unpaired) electrons. The minimum atomic E-state index is -0.964. The molecule has 18 heavy (non-hydrogen) atoms. The van der Waals surface area contributed by atoms with Gasteiger partial charge in [-0.15, -0.1) is 0 Å². The zero-order chi connectivity index (χ0) is 13.8. The molecule has 0 N–H and O–H groups in total. The Morgan fingerprint density at radius 2 is 1.94 bits per heavy atom. The van der Waals surface area contributed by atoms with Gasteiger partial charge in [0.2, 0.25) is 5.91 Å². The van der Waals surface area contributed by atoms with Gasteiger partial charge in [0, 0.05) is 18.6 Å². The predicted molar refractivity (Wildman–Crippen MR) is 72.2 cm³/mol. The van der Waals surface area contributed by atoms with Crippen LogP contribution in [0.1, 0.15) is 19.4 Å². The molecule has 96 valence electrons. The fourth-order valence-electron chi connectivity index (χ4n) is 1.57. The lowest BCUT2D eigenvalue weighted by Crippen LogP contribution is -2.38. The van der Waals surface area contributed by atoms with Gasteiger partial charge in [-0.25, -0.2) is 0 Å². The summed E-state index contributed by atoms with van der Waals surface area (Å²) in [7, 11) is 1.72. The van der Waals surface area contributed by atoms with Crippen molar-refractivity contribution in [2.75, 3.05) is 13.6 Å². The van der Waals surface area contributed by atoms with Crippen molar-refractivity contribution in [3.05, 3.63) is 34.9 Å². The molecule has 0 saturated heterocycles. The van der Waals surface area contributed by atoms with E-state index in [1.807, 2.05) is 30.3 Å². The Balaban J connectivity index is 2.57. The molecule has 0 aliphatic heterocycles. The molecule has 0 unspecified atom stereocenters. The molecule has 0 fully saturated rings. The van der Waals surface area contributed by atoms with Crippen LogP contribution < -0.4 is 0 Å². The summed E-state index contributed by atoms with van der Waals surface area (Å²) < 4.78 is 0. The molecule has 3 nitrogen and oxygen atoms in total. The lowest BCUT2D eigenvalue weighted by molar-refractivity contribution is -0.136. The van der Waals surface area contributed by atoms with Crippen molar-refractivity contribution in [2.45, 2.75) is 20.3 Å². The highest BCUT2D eigenvalue weighted by Crippen LogP contribution is 2.17. The van der Waals surface area contributed by atoms with Crippen LogP contribution in [0.3, 0.4) is 0 Å². The highest BCUT2D eigenvalue weighted by Gasteiger charge is 2.29. The minimum absolute atomic E-state index is 0.154. The van der Waals surface area contributed by atoms with Crippen molar-refractivity contribution in [1.82, 2.24) is 4.90 Å². The van der Waals surface area contributed by atoms with E-state index < -0.39 is 5.41 Å². The van der Waals surface area contributed by atoms with Crippen molar-refractivity contribution in [3.8, 4) is 6.07 Å². The molecule has 0 bridgehead atoms. The van der Waals surface area contributed by atoms with Crippen LogP contribution in [0.5, 0.6) is 0 Å². The van der Waals surface area contributed by atoms with Gasteiger partial charge in [0.15, 0.2) is 0 Å². The lowest BCUT2D eigenvalue weighted by atomic mass is 9.94. The normalized spacial score (nSPS) is 10.8. The molecule has 0 atom stereocenters. The second-order valence-corrected chi connectivity index (χ2v) is 5.28. The fourth-order valence-corrected chi connectivity index (χ4v) is 1.70. The van der Waals surface area contributed by atoms with Gasteiger partial charge in [-0.05, 0) is 38.0 Å². The lowest BCUT2D eigenvalue weighted by Gasteiger charge is -2.23. The summed E-state index contributed by atoms with van der Waals surface area (Å²) in [6.45, 7) is 3.85. The maximum absolute atomic E-state index is 12.0. The number of amides is 1. The van der Waals surface area contributed by atoms with Crippen LogP contribution in [0.25, 0.3) is 0 Å². The maximum Gasteiger partial charge on any atom is 0.242 e. The summed E-state index contributed by atoms with van der Waals surface area (Å²) in [4.78, 5) is 13.5. The number of carbonyl (C=O) groups is 1. The molecule has 1 aromatic carbocycles. The van der Waals surface area contributed by atoms with Crippen molar-refractivity contribution < 1.29 is 4.79 Å². The smallest absolute Gasteiger partial charge is 0.242 e. The Kier molecular flexibility index (Phi) is 4.75. The van der Waals surface area contributed by atoms with E-state index in [1.54, 1.807) is 25.8 Å². The second kappa shape index (κ2) is 5.88. The van der Waals surface area contributed by atoms with Gasteiger partial charge in [0.1, 0.15) is 5.41 Å². The molecule has 0 aliphatic carbocycles. The largest absolute Gasteiger partial charge is 0.344 e. The maximum atomic E-state index is 12.0. The standard InChI is InChI=1S/C14H17ClN2O/c1-14(2,10-16)13(18)17(3)9-8-11-4-6-12(15)7-5-11/h4-7H,8-9H2,1-3H3. The van der Waals surface area contributed by atoms with Crippen LogP contribution in [0.15, 0.2) is 24.3 Å². The molecule has 1 rings (SSSR count). The average Bonchev–Trinajstić information content (AvgIpc) is 2.36. The number of hydrogen-bond donors (Lipinski definition) is 0. The number of likely N-dealkylation sites (N-methyl/N-ethyl adjacent to an activating group) is 1. The zero-order valence-electron chi connectivity index (χ0n) is 10.9. The SMILES string of the molecule is CN(CCc1ccc(Cl)cc1)C(=O)C(C)(C)C#N. The van der Waals surface area contributed by atoms with Gasteiger partial charge in [0.05, 0.1) is 6.07 Å². The van der Waals surface area contributed by atoms with E-state index in [9.17, 15) is 4.79 Å². The van der Waals surface area contributed by atoms with Crippen LogP contribution in [0.4, 0.5) is 0 Å². The summed E-state index contributed by atoms with van der Waals surface area (Å²) >= 11 is 5.80. The van der Waals surface area contributed by atoms with Crippen LogP contribution in [0, 0.1) is 16.7 Å². The molecule has 0 aromatic heterocycles. The van der Waals surface area contributed by atoms with Crippen molar-refractivity contribution in [3.63, 3.8) is 0 Å². The first-order valence-electron chi connectivity index (χ1n) is 5.78. The third kappa shape index (κ3) is 3.75. The van der Waals surface area contributed by atoms with Crippen molar-refractivity contribution >= 4 is 17.5 Å². The van der Waals surface area contributed by atoms with E-state index in [0.29, 0.717) is 11.6 Å². The highest BCUT2D eigenvalue weighted by atomic mass is 35.5. The van der Waals surface area contributed by atoms with E-state index in [-0.39, 0.29) is 5.91 Å². The van der Waals surface area contributed by atoms with Crippen LogP contribution in [0.2, 0.25) is 5.02 Å². The van der Waals surface area contributed by atoms with Crippen molar-refractivity contribution in [1.29, 1.82) is 5.26 Å². The number of rotatable bonds is 4. The Bertz CT molecular complexity index is 460. The van der Waals surface area contributed by atoms with Crippen LogP contribution in [-0.4, -0.2) is 24.4 Å². The van der Waals surface area contributed by atoms with E-state index in [0.717, 1.165) is 12.0 Å². The first-order valence-corrected chi connectivity index (χ1v) is 6.16. The number of carbonyl (C=O) groups excluding carboxylic acids is 1. The Hall–Kier alpha value is -1.53. The Morgan fingerprint density at radius 3 is 2.44 bits per heavy atom. The molecule has 0 spiro atoms. The number of nitriles is 1. The molecule has 0 aliphatic rings. The fraction of sp³-hybridized carbons (Fsp3) is 0.429. The zero-order valence-corrected chi connectivity index (χ0v) is 11.7. The van der Waals surface area contributed by atoms with E-state index in [1.165, 1.54) is 0 Å². The first-order chi connectivity index (χ1) is 8.36. The van der Waals surface area contributed by atoms with Crippen molar-refractivity contribution in [2.24, 2.45) is 5.41 Å². The number of hydrogen-bond acceptors (Lipinski definition) is 2. The summed E-state index contributed by atoms with van der Waals surface area (Å²) in [5, 5.41) is 9.62. The Labute approximate surface area is 113 Å². The topological polar surface area (TPSA) is 44.1 Å². The molecule has 0 saturated carbocycles. The van der Waals surface area contributed by atoms with Gasteiger partial charge < -0.3 is 4.90 Å². The summed E-state index contributed by atoms with van der Waals surface area (Å²) in [6.07, 6.45) is 0.751. The molecule has 1 aromatic rings. The van der Waals surface area contributed by atoms with E-state index in [4.69, 9.17) is 16.9 Å². The van der Waals surface area contributed by atoms with E-state index >= 15 is 0 Å². The summed E-state index contributed by atoms with van der Waals surface area (Å²) in [5.74, 6) is -0.154. The number of benzene rings is 1. The molecule has 4 heteroatoms.